The Morgan fingerprint density at radius 3 is 2.57 bits per heavy atom. The minimum Gasteiger partial charge on any atom is -0.467 e. The molecule has 0 saturated carbocycles. The number of hydrogen-bond acceptors (Lipinski definition) is 6. The van der Waals surface area contributed by atoms with Crippen LogP contribution in [0.4, 0.5) is 4.79 Å². The zero-order valence-electron chi connectivity index (χ0n) is 14.0. The molecule has 0 spiro atoms. The number of hydrogen-bond donors (Lipinski definition) is 1. The number of carbonyl (C=O) groups is 3. The molecule has 2 heterocycles. The van der Waals surface area contributed by atoms with Crippen LogP contribution in [-0.2, 0) is 23.8 Å². The van der Waals surface area contributed by atoms with Gasteiger partial charge < -0.3 is 24.4 Å². The van der Waals surface area contributed by atoms with E-state index in [-0.39, 0.29) is 5.91 Å². The Kier molecular flexibility index (Phi) is 5.13. The summed E-state index contributed by atoms with van der Waals surface area (Å²) in [5, 5.41) is 2.57. The molecule has 0 aliphatic carbocycles. The molecule has 0 aromatic rings. The molecule has 2 aliphatic heterocycles. The van der Waals surface area contributed by atoms with Gasteiger partial charge in [-0.25, -0.2) is 9.59 Å². The Labute approximate surface area is 135 Å². The van der Waals surface area contributed by atoms with Gasteiger partial charge in [0.1, 0.15) is 23.9 Å². The van der Waals surface area contributed by atoms with E-state index in [1.807, 2.05) is 0 Å². The van der Waals surface area contributed by atoms with Gasteiger partial charge in [-0.05, 0) is 33.6 Å². The van der Waals surface area contributed by atoms with Crippen molar-refractivity contribution >= 4 is 18.0 Å². The number of nitrogens with one attached hydrogen (secondary N) is 1. The molecule has 3 atom stereocenters. The molecule has 2 amide bonds. The fraction of sp³-hybridized carbons (Fsp3) is 0.800. The molecule has 8 heteroatoms. The van der Waals surface area contributed by atoms with Gasteiger partial charge >= 0.3 is 12.1 Å². The summed E-state index contributed by atoms with van der Waals surface area (Å²) < 4.78 is 15.6. The lowest BCUT2D eigenvalue weighted by molar-refractivity contribution is -0.157. The summed E-state index contributed by atoms with van der Waals surface area (Å²) in [6, 6.07) is -1.45. The monoisotopic (exact) mass is 328 g/mol. The Morgan fingerprint density at radius 2 is 1.96 bits per heavy atom. The van der Waals surface area contributed by atoms with Crippen LogP contribution in [0.3, 0.4) is 0 Å². The molecule has 0 radical (unpaired) electrons. The third-order valence-electron chi connectivity index (χ3n) is 3.77. The molecule has 2 fully saturated rings. The van der Waals surface area contributed by atoms with E-state index >= 15 is 0 Å². The van der Waals surface area contributed by atoms with Gasteiger partial charge in [0.15, 0.2) is 0 Å². The van der Waals surface area contributed by atoms with E-state index in [1.165, 1.54) is 12.0 Å². The predicted molar refractivity (Wildman–Crippen MR) is 79.4 cm³/mol. The summed E-state index contributed by atoms with van der Waals surface area (Å²) >= 11 is 0. The average molecular weight is 328 g/mol. The summed E-state index contributed by atoms with van der Waals surface area (Å²) in [4.78, 5) is 37.9. The molecule has 2 saturated heterocycles. The lowest BCUT2D eigenvalue weighted by atomic mass is 10.1. The first-order valence-corrected chi connectivity index (χ1v) is 7.74. The highest BCUT2D eigenvalue weighted by Crippen LogP contribution is 2.29. The van der Waals surface area contributed by atoms with E-state index in [9.17, 15) is 14.4 Å². The summed E-state index contributed by atoms with van der Waals surface area (Å²) in [7, 11) is 1.29. The summed E-state index contributed by atoms with van der Waals surface area (Å²) in [6.45, 7) is 5.55. The molecule has 8 nitrogen and oxygen atoms in total. The van der Waals surface area contributed by atoms with E-state index < -0.39 is 36.0 Å². The van der Waals surface area contributed by atoms with Crippen LogP contribution in [0.1, 0.15) is 40.0 Å². The fourth-order valence-electron chi connectivity index (χ4n) is 2.81. The quantitative estimate of drug-likeness (QED) is 0.753. The first kappa shape index (κ1) is 17.5. The molecule has 0 bridgehead atoms. The maximum atomic E-state index is 12.7. The smallest absolute Gasteiger partial charge is 0.408 e. The molecule has 0 aromatic carbocycles. The third-order valence-corrected chi connectivity index (χ3v) is 3.77. The molecule has 130 valence electrons. The van der Waals surface area contributed by atoms with Gasteiger partial charge in [-0.2, -0.15) is 0 Å². The second kappa shape index (κ2) is 6.74. The number of alkyl carbamates (subject to hydrolysis) is 1. The van der Waals surface area contributed by atoms with E-state index in [4.69, 9.17) is 14.2 Å². The van der Waals surface area contributed by atoms with E-state index in [0.717, 1.165) is 0 Å². The first-order valence-electron chi connectivity index (χ1n) is 7.74. The van der Waals surface area contributed by atoms with Gasteiger partial charge in [0.05, 0.1) is 13.7 Å². The SMILES string of the molecule is COC(=O)[C@H]1CC[C@@H]2OCC[C@H](NC(=O)OC(C)(C)C)C(=O)N21. The van der Waals surface area contributed by atoms with Crippen molar-refractivity contribution in [3.05, 3.63) is 0 Å². The Balaban J connectivity index is 2.09. The van der Waals surface area contributed by atoms with Crippen LogP contribution >= 0.6 is 0 Å². The number of amides is 2. The highest BCUT2D eigenvalue weighted by atomic mass is 16.6. The topological polar surface area (TPSA) is 94.2 Å². The summed E-state index contributed by atoms with van der Waals surface area (Å²) in [5.41, 5.74) is -0.654. The second-order valence-corrected chi connectivity index (χ2v) is 6.67. The molecule has 0 unspecified atom stereocenters. The van der Waals surface area contributed by atoms with E-state index in [1.54, 1.807) is 20.8 Å². The van der Waals surface area contributed by atoms with E-state index in [2.05, 4.69) is 5.32 Å². The molecule has 2 aliphatic rings. The number of fused-ring (bicyclic) bond motifs is 1. The maximum absolute atomic E-state index is 12.7. The van der Waals surface area contributed by atoms with Crippen molar-refractivity contribution in [3.8, 4) is 0 Å². The first-order chi connectivity index (χ1) is 10.7. The van der Waals surface area contributed by atoms with Crippen molar-refractivity contribution in [1.82, 2.24) is 10.2 Å². The number of esters is 1. The van der Waals surface area contributed by atoms with Crippen molar-refractivity contribution in [1.29, 1.82) is 0 Å². The van der Waals surface area contributed by atoms with Crippen LogP contribution in [0.2, 0.25) is 0 Å². The lowest BCUT2D eigenvalue weighted by Crippen LogP contribution is -2.53. The van der Waals surface area contributed by atoms with Crippen LogP contribution in [0, 0.1) is 0 Å². The van der Waals surface area contributed by atoms with Crippen LogP contribution in [0.5, 0.6) is 0 Å². The van der Waals surface area contributed by atoms with Gasteiger partial charge in [-0.3, -0.25) is 4.79 Å². The van der Waals surface area contributed by atoms with Crippen molar-refractivity contribution < 1.29 is 28.6 Å². The molecule has 23 heavy (non-hydrogen) atoms. The zero-order chi connectivity index (χ0) is 17.2. The summed E-state index contributed by atoms with van der Waals surface area (Å²) in [5.74, 6) is -0.811. The van der Waals surface area contributed by atoms with E-state index in [0.29, 0.717) is 25.9 Å². The lowest BCUT2D eigenvalue weighted by Gasteiger charge is -2.29. The molecular weight excluding hydrogens is 304 g/mol. The van der Waals surface area contributed by atoms with Crippen LogP contribution in [0.25, 0.3) is 0 Å². The predicted octanol–water partition coefficient (Wildman–Crippen LogP) is 0.790. The van der Waals surface area contributed by atoms with Crippen molar-refractivity contribution in [2.24, 2.45) is 0 Å². The normalized spacial score (nSPS) is 27.9. The number of nitrogens with zero attached hydrogens (tertiary/aromatic N) is 1. The Bertz CT molecular complexity index is 487. The standard InChI is InChI=1S/C15H24N2O6/c1-15(2,3)23-14(20)16-9-7-8-22-11-6-5-10(13(19)21-4)17(11)12(9)18/h9-11H,5-8H2,1-4H3,(H,16,20)/t9-,10+,11-/m0/s1. The van der Waals surface area contributed by atoms with Gasteiger partial charge in [0.25, 0.3) is 0 Å². The summed E-state index contributed by atoms with van der Waals surface area (Å²) in [6.07, 6.45) is 0.284. The third kappa shape index (κ3) is 4.13. The van der Waals surface area contributed by atoms with Gasteiger partial charge in [0, 0.05) is 6.42 Å². The van der Waals surface area contributed by atoms with Crippen LogP contribution in [-0.4, -0.2) is 60.5 Å². The minimum atomic E-state index is -0.778. The molecule has 2 rings (SSSR count). The highest BCUT2D eigenvalue weighted by molar-refractivity contribution is 5.90. The fourth-order valence-corrected chi connectivity index (χ4v) is 2.81. The number of rotatable bonds is 2. The van der Waals surface area contributed by atoms with Crippen molar-refractivity contribution in [2.45, 2.75) is 63.9 Å². The largest absolute Gasteiger partial charge is 0.467 e. The van der Waals surface area contributed by atoms with Crippen LogP contribution < -0.4 is 5.32 Å². The van der Waals surface area contributed by atoms with Crippen molar-refractivity contribution in [2.75, 3.05) is 13.7 Å². The average Bonchev–Trinajstić information content (AvgIpc) is 2.80. The number of methoxy groups -OCH3 is 1. The number of carbonyl (C=O) groups excluding carboxylic acids is 3. The van der Waals surface area contributed by atoms with Crippen molar-refractivity contribution in [3.63, 3.8) is 0 Å². The Hall–Kier alpha value is -1.83. The highest BCUT2D eigenvalue weighted by Gasteiger charge is 2.46. The molecular formula is C15H24N2O6. The molecule has 0 aromatic heterocycles. The van der Waals surface area contributed by atoms with Crippen LogP contribution in [0.15, 0.2) is 0 Å². The Morgan fingerprint density at radius 1 is 1.26 bits per heavy atom. The number of ether oxygens (including phenoxy) is 3. The molecule has 1 N–H and O–H groups in total. The second-order valence-electron chi connectivity index (χ2n) is 6.67. The maximum Gasteiger partial charge on any atom is 0.408 e. The minimum absolute atomic E-state index is 0.321. The van der Waals surface area contributed by atoms with Gasteiger partial charge in [-0.15, -0.1) is 0 Å². The van der Waals surface area contributed by atoms with Gasteiger partial charge in [0.2, 0.25) is 5.91 Å². The zero-order valence-corrected chi connectivity index (χ0v) is 14.0. The van der Waals surface area contributed by atoms with Gasteiger partial charge in [-0.1, -0.05) is 0 Å².